The highest BCUT2D eigenvalue weighted by atomic mass is 16.3. The van der Waals surface area contributed by atoms with Crippen LogP contribution in [0.1, 0.15) is 40.5 Å². The second kappa shape index (κ2) is 6.72. The van der Waals surface area contributed by atoms with Gasteiger partial charge >= 0.3 is 0 Å². The van der Waals surface area contributed by atoms with Gasteiger partial charge in [0.2, 0.25) is 0 Å². The summed E-state index contributed by atoms with van der Waals surface area (Å²) in [6.07, 6.45) is 2.23. The van der Waals surface area contributed by atoms with E-state index in [1.54, 1.807) is 0 Å². The lowest BCUT2D eigenvalue weighted by Crippen LogP contribution is -2.41. The Kier molecular flexibility index (Phi) is 5.90. The molecule has 0 saturated carbocycles. The Morgan fingerprint density at radius 3 is 2.71 bits per heavy atom. The number of likely N-dealkylation sites (tertiary alicyclic amines) is 1. The topological polar surface area (TPSA) is 35.5 Å². The van der Waals surface area contributed by atoms with Gasteiger partial charge in [0, 0.05) is 32.3 Å². The molecule has 3 heteroatoms. The predicted molar refractivity (Wildman–Crippen MR) is 73.2 cm³/mol. The van der Waals surface area contributed by atoms with Crippen molar-refractivity contribution < 1.29 is 5.11 Å². The van der Waals surface area contributed by atoms with Crippen molar-refractivity contribution in [2.75, 3.05) is 32.8 Å². The highest BCUT2D eigenvalue weighted by molar-refractivity contribution is 4.82. The predicted octanol–water partition coefficient (Wildman–Crippen LogP) is 1.71. The summed E-state index contributed by atoms with van der Waals surface area (Å²) in [6.45, 7) is 14.0. The van der Waals surface area contributed by atoms with Crippen molar-refractivity contribution in [3.05, 3.63) is 0 Å². The molecule has 17 heavy (non-hydrogen) atoms. The van der Waals surface area contributed by atoms with Crippen LogP contribution in [-0.4, -0.2) is 48.8 Å². The van der Waals surface area contributed by atoms with Crippen LogP contribution in [0.25, 0.3) is 0 Å². The number of nitrogens with one attached hydrogen (secondary N) is 1. The molecule has 102 valence electrons. The molecule has 1 unspecified atom stereocenters. The van der Waals surface area contributed by atoms with E-state index in [1.165, 1.54) is 19.5 Å². The quantitative estimate of drug-likeness (QED) is 0.713. The van der Waals surface area contributed by atoms with E-state index in [1.807, 2.05) is 0 Å². The minimum Gasteiger partial charge on any atom is -0.396 e. The highest BCUT2D eigenvalue weighted by Gasteiger charge is 2.27. The maximum atomic E-state index is 8.96. The van der Waals surface area contributed by atoms with Crippen LogP contribution in [0.4, 0.5) is 0 Å². The third kappa shape index (κ3) is 5.84. The van der Waals surface area contributed by atoms with Gasteiger partial charge in [-0.05, 0) is 30.7 Å². The summed E-state index contributed by atoms with van der Waals surface area (Å²) in [5, 5.41) is 12.5. The van der Waals surface area contributed by atoms with Crippen LogP contribution in [0.3, 0.4) is 0 Å². The van der Waals surface area contributed by atoms with Gasteiger partial charge in [-0.1, -0.05) is 27.7 Å². The van der Waals surface area contributed by atoms with Gasteiger partial charge in [0.1, 0.15) is 0 Å². The molecule has 0 spiro atoms. The van der Waals surface area contributed by atoms with Gasteiger partial charge in [0.15, 0.2) is 0 Å². The van der Waals surface area contributed by atoms with Crippen LogP contribution in [0, 0.1) is 11.3 Å². The largest absolute Gasteiger partial charge is 0.396 e. The minimum absolute atomic E-state index is 0.332. The number of aliphatic hydroxyl groups excluding tert-OH is 1. The van der Waals surface area contributed by atoms with Gasteiger partial charge in [-0.25, -0.2) is 0 Å². The molecule has 0 bridgehead atoms. The first kappa shape index (κ1) is 14.9. The number of hydrogen-bond donors (Lipinski definition) is 2. The molecular weight excluding hydrogens is 212 g/mol. The lowest BCUT2D eigenvalue weighted by molar-refractivity contribution is 0.190. The molecule has 0 aliphatic carbocycles. The number of nitrogens with zero attached hydrogens (tertiary/aromatic N) is 1. The van der Waals surface area contributed by atoms with Gasteiger partial charge in [-0.2, -0.15) is 0 Å². The zero-order valence-corrected chi connectivity index (χ0v) is 12.0. The summed E-state index contributed by atoms with van der Waals surface area (Å²) in [4.78, 5) is 2.56. The van der Waals surface area contributed by atoms with Crippen LogP contribution in [0.15, 0.2) is 0 Å². The third-order valence-electron chi connectivity index (χ3n) is 3.55. The summed E-state index contributed by atoms with van der Waals surface area (Å²) in [6, 6.07) is 0.565. The van der Waals surface area contributed by atoms with Crippen LogP contribution in [-0.2, 0) is 0 Å². The molecule has 1 rings (SSSR count). The molecule has 3 nitrogen and oxygen atoms in total. The smallest absolute Gasteiger partial charge is 0.0434 e. The molecular formula is C14H30N2O. The van der Waals surface area contributed by atoms with Crippen molar-refractivity contribution in [2.45, 2.75) is 46.6 Å². The first-order valence-corrected chi connectivity index (χ1v) is 6.99. The van der Waals surface area contributed by atoms with Gasteiger partial charge < -0.3 is 15.3 Å². The van der Waals surface area contributed by atoms with Gasteiger partial charge in [-0.3, -0.25) is 0 Å². The monoisotopic (exact) mass is 242 g/mol. The van der Waals surface area contributed by atoms with Crippen molar-refractivity contribution in [1.82, 2.24) is 10.2 Å². The Bertz CT molecular complexity index is 216. The molecule has 0 amide bonds. The average molecular weight is 242 g/mol. The first-order chi connectivity index (χ1) is 7.93. The third-order valence-corrected chi connectivity index (χ3v) is 3.55. The maximum absolute atomic E-state index is 8.96. The fourth-order valence-electron chi connectivity index (χ4n) is 2.62. The molecule has 1 atom stereocenters. The Morgan fingerprint density at radius 1 is 1.41 bits per heavy atom. The van der Waals surface area contributed by atoms with Gasteiger partial charge in [0.05, 0.1) is 0 Å². The van der Waals surface area contributed by atoms with E-state index in [0.29, 0.717) is 24.0 Å². The lowest BCUT2D eigenvalue weighted by atomic mass is 9.92. The van der Waals surface area contributed by atoms with E-state index in [2.05, 4.69) is 37.9 Å². The molecule has 0 radical (unpaired) electrons. The van der Waals surface area contributed by atoms with Crippen molar-refractivity contribution in [2.24, 2.45) is 11.3 Å². The SMILES string of the molecule is CC(C)NCC(C)(C)CN1CCC(CCO)C1. The van der Waals surface area contributed by atoms with Crippen molar-refractivity contribution >= 4 is 0 Å². The van der Waals surface area contributed by atoms with Crippen LogP contribution < -0.4 is 5.32 Å². The van der Waals surface area contributed by atoms with Crippen molar-refractivity contribution in [3.8, 4) is 0 Å². The molecule has 1 fully saturated rings. The molecule has 1 aliphatic rings. The second-order valence-electron chi connectivity index (χ2n) is 6.60. The standard InChI is InChI=1S/C14H30N2O/c1-12(2)15-10-14(3,4)11-16-7-5-13(9-16)6-8-17/h12-13,15,17H,5-11H2,1-4H3. The van der Waals surface area contributed by atoms with E-state index < -0.39 is 0 Å². The lowest BCUT2D eigenvalue weighted by Gasteiger charge is -2.31. The van der Waals surface area contributed by atoms with Crippen LogP contribution >= 0.6 is 0 Å². The van der Waals surface area contributed by atoms with Gasteiger partial charge in [0.25, 0.3) is 0 Å². The Labute approximate surface area is 107 Å². The van der Waals surface area contributed by atoms with Gasteiger partial charge in [-0.15, -0.1) is 0 Å². The Morgan fingerprint density at radius 2 is 2.12 bits per heavy atom. The fourth-order valence-corrected chi connectivity index (χ4v) is 2.62. The second-order valence-corrected chi connectivity index (χ2v) is 6.60. The molecule has 0 aromatic heterocycles. The molecule has 1 saturated heterocycles. The van der Waals surface area contributed by atoms with Crippen molar-refractivity contribution in [1.29, 1.82) is 0 Å². The zero-order valence-electron chi connectivity index (χ0n) is 12.0. The summed E-state index contributed by atoms with van der Waals surface area (Å²) < 4.78 is 0. The molecule has 2 N–H and O–H groups in total. The van der Waals surface area contributed by atoms with Crippen LogP contribution in [0.2, 0.25) is 0 Å². The van der Waals surface area contributed by atoms with E-state index in [0.717, 1.165) is 19.5 Å². The van der Waals surface area contributed by atoms with Crippen molar-refractivity contribution in [3.63, 3.8) is 0 Å². The van der Waals surface area contributed by atoms with E-state index in [9.17, 15) is 0 Å². The highest BCUT2D eigenvalue weighted by Crippen LogP contribution is 2.24. The zero-order chi connectivity index (χ0) is 12.9. The molecule has 1 heterocycles. The number of hydrogen-bond acceptors (Lipinski definition) is 3. The number of rotatable bonds is 7. The maximum Gasteiger partial charge on any atom is 0.0434 e. The summed E-state index contributed by atoms with van der Waals surface area (Å²) in [5.41, 5.74) is 0.332. The van der Waals surface area contributed by atoms with Crippen LogP contribution in [0.5, 0.6) is 0 Å². The number of aliphatic hydroxyl groups is 1. The summed E-state index contributed by atoms with van der Waals surface area (Å²) >= 11 is 0. The Hall–Kier alpha value is -0.120. The first-order valence-electron chi connectivity index (χ1n) is 6.99. The molecule has 1 aliphatic heterocycles. The minimum atomic E-state index is 0.332. The summed E-state index contributed by atoms with van der Waals surface area (Å²) in [7, 11) is 0. The van der Waals surface area contributed by atoms with E-state index in [-0.39, 0.29) is 0 Å². The summed E-state index contributed by atoms with van der Waals surface area (Å²) in [5.74, 6) is 0.717. The Balaban J connectivity index is 2.28. The van der Waals surface area contributed by atoms with E-state index >= 15 is 0 Å². The fraction of sp³-hybridized carbons (Fsp3) is 1.00. The van der Waals surface area contributed by atoms with E-state index in [4.69, 9.17) is 5.11 Å². The average Bonchev–Trinajstić information content (AvgIpc) is 2.63. The normalized spacial score (nSPS) is 22.6. The molecule has 0 aromatic rings. The molecule has 0 aromatic carbocycles.